The molecule has 4 N–H and O–H groups in total. The van der Waals surface area contributed by atoms with E-state index < -0.39 is 43.4 Å². The fourth-order valence-electron chi connectivity index (χ4n) is 7.41. The average molecular weight is 925 g/mol. The molecule has 66 heavy (non-hydrogen) atoms. The highest BCUT2D eigenvalue weighted by Crippen LogP contribution is 2.22. The van der Waals surface area contributed by atoms with Gasteiger partial charge in [0.15, 0.2) is 6.29 Å². The van der Waals surface area contributed by atoms with Crippen molar-refractivity contribution in [1.82, 2.24) is 0 Å². The van der Waals surface area contributed by atoms with Crippen molar-refractivity contribution in [2.75, 3.05) is 26.4 Å². The minimum absolute atomic E-state index is 0.123. The van der Waals surface area contributed by atoms with E-state index in [2.05, 4.69) is 111 Å². The van der Waals surface area contributed by atoms with Crippen LogP contribution in [0.4, 0.5) is 0 Å². The highest BCUT2D eigenvalue weighted by atomic mass is 16.7. The van der Waals surface area contributed by atoms with Crippen LogP contribution in [0.25, 0.3) is 0 Å². The smallest absolute Gasteiger partial charge is 0.306 e. The number of carbonyl (C=O) groups is 1. The summed E-state index contributed by atoms with van der Waals surface area (Å²) in [6, 6.07) is 0. The van der Waals surface area contributed by atoms with E-state index in [4.69, 9.17) is 18.9 Å². The predicted molar refractivity (Wildman–Crippen MR) is 274 cm³/mol. The Morgan fingerprint density at radius 2 is 0.924 bits per heavy atom. The maximum Gasteiger partial charge on any atom is 0.306 e. The van der Waals surface area contributed by atoms with E-state index in [0.29, 0.717) is 13.0 Å². The van der Waals surface area contributed by atoms with Gasteiger partial charge in [-0.3, -0.25) is 4.79 Å². The Labute approximate surface area is 402 Å². The number of esters is 1. The van der Waals surface area contributed by atoms with Gasteiger partial charge < -0.3 is 39.4 Å². The van der Waals surface area contributed by atoms with Crippen LogP contribution in [0.2, 0.25) is 0 Å². The third kappa shape index (κ3) is 37.1. The van der Waals surface area contributed by atoms with Gasteiger partial charge in [0.25, 0.3) is 0 Å². The molecule has 0 aliphatic carbocycles. The third-order valence-electron chi connectivity index (χ3n) is 11.5. The summed E-state index contributed by atoms with van der Waals surface area (Å²) < 4.78 is 22.9. The summed E-state index contributed by atoms with van der Waals surface area (Å²) in [4.78, 5) is 12.8. The van der Waals surface area contributed by atoms with Gasteiger partial charge in [0, 0.05) is 13.0 Å². The number of aliphatic hydroxyl groups excluding tert-OH is 4. The van der Waals surface area contributed by atoms with Crippen molar-refractivity contribution in [1.29, 1.82) is 0 Å². The second-order valence-corrected chi connectivity index (χ2v) is 17.6. The largest absolute Gasteiger partial charge is 0.457 e. The average Bonchev–Trinajstić information content (AvgIpc) is 3.32. The summed E-state index contributed by atoms with van der Waals surface area (Å²) in [5, 5.41) is 40.3. The Hall–Kier alpha value is -2.89. The van der Waals surface area contributed by atoms with Crippen LogP contribution in [0.5, 0.6) is 0 Å². The lowest BCUT2D eigenvalue weighted by atomic mass is 9.99. The van der Waals surface area contributed by atoms with Crippen molar-refractivity contribution < 1.29 is 44.2 Å². The Bertz CT molecular complexity index is 1330. The molecule has 1 rings (SSSR count). The van der Waals surface area contributed by atoms with E-state index in [1.807, 2.05) is 0 Å². The Morgan fingerprint density at radius 3 is 1.41 bits per heavy atom. The fraction of sp³-hybridized carbons (Fsp3) is 0.702. The molecule has 6 atom stereocenters. The predicted octanol–water partition coefficient (Wildman–Crippen LogP) is 13.1. The maximum absolute atomic E-state index is 12.8. The molecule has 9 heteroatoms. The van der Waals surface area contributed by atoms with Gasteiger partial charge in [-0.25, -0.2) is 0 Å². The standard InChI is InChI=1S/C57H96O9/c1-3-5-7-9-11-13-15-17-19-21-23-24-25-26-27-28-29-30-32-34-36-38-40-42-44-46-53(59)65-51(50-64-57-56(62)55(61)54(60)52(48-58)66-57)49-63-47-45-43-41-39-37-35-33-31-22-20-18-16-14-12-10-8-6-4-2/h5,7,11,13,17-20,23-24,26-27,29-30,34,36,51-52,54-58,60-62H,3-4,6,8-10,12,14-16,21-22,25,28,31-33,35,37-50H2,1-2H3/b7-5-,13-11-,19-17-,20-18-,24-23-,27-26-,30-29-,36-34-. The summed E-state index contributed by atoms with van der Waals surface area (Å²) in [5.74, 6) is -0.349. The number of carbonyl (C=O) groups excluding carboxylic acids is 1. The van der Waals surface area contributed by atoms with Crippen molar-refractivity contribution in [2.24, 2.45) is 0 Å². The van der Waals surface area contributed by atoms with Gasteiger partial charge in [0.1, 0.15) is 30.5 Å². The quantitative estimate of drug-likeness (QED) is 0.0268. The van der Waals surface area contributed by atoms with Crippen LogP contribution in [-0.4, -0.2) is 89.6 Å². The van der Waals surface area contributed by atoms with Gasteiger partial charge in [0.2, 0.25) is 0 Å². The van der Waals surface area contributed by atoms with Crippen LogP contribution in [-0.2, 0) is 23.7 Å². The van der Waals surface area contributed by atoms with Crippen molar-refractivity contribution in [3.8, 4) is 0 Å². The number of hydrogen-bond donors (Lipinski definition) is 4. The number of aliphatic hydroxyl groups is 4. The molecule has 6 unspecified atom stereocenters. The highest BCUT2D eigenvalue weighted by molar-refractivity contribution is 5.69. The summed E-state index contributed by atoms with van der Waals surface area (Å²) in [5.41, 5.74) is 0. The molecule has 9 nitrogen and oxygen atoms in total. The minimum atomic E-state index is -1.55. The molecule has 0 aromatic heterocycles. The number of rotatable bonds is 44. The molecule has 0 saturated carbocycles. The zero-order valence-electron chi connectivity index (χ0n) is 41.7. The van der Waals surface area contributed by atoms with Gasteiger partial charge in [0.05, 0.1) is 19.8 Å². The molecule has 0 aromatic rings. The zero-order chi connectivity index (χ0) is 47.8. The van der Waals surface area contributed by atoms with Crippen LogP contribution in [0, 0.1) is 0 Å². The van der Waals surface area contributed by atoms with Crippen LogP contribution in [0.1, 0.15) is 194 Å². The van der Waals surface area contributed by atoms with Gasteiger partial charge in [-0.15, -0.1) is 0 Å². The summed E-state index contributed by atoms with van der Waals surface area (Å²) in [6.45, 7) is 4.39. The number of hydrogen-bond acceptors (Lipinski definition) is 9. The fourth-order valence-corrected chi connectivity index (χ4v) is 7.41. The monoisotopic (exact) mass is 925 g/mol. The van der Waals surface area contributed by atoms with Crippen molar-refractivity contribution in [2.45, 2.75) is 230 Å². The van der Waals surface area contributed by atoms with Gasteiger partial charge in [-0.05, 0) is 96.3 Å². The van der Waals surface area contributed by atoms with E-state index in [-0.39, 0.29) is 25.6 Å². The second-order valence-electron chi connectivity index (χ2n) is 17.6. The molecule has 1 heterocycles. The second kappa shape index (κ2) is 47.2. The van der Waals surface area contributed by atoms with Crippen molar-refractivity contribution >= 4 is 5.97 Å². The van der Waals surface area contributed by atoms with Crippen LogP contribution >= 0.6 is 0 Å². The van der Waals surface area contributed by atoms with E-state index in [9.17, 15) is 25.2 Å². The molecule has 378 valence electrons. The van der Waals surface area contributed by atoms with E-state index in [1.165, 1.54) is 89.9 Å². The van der Waals surface area contributed by atoms with Crippen LogP contribution < -0.4 is 0 Å². The minimum Gasteiger partial charge on any atom is -0.457 e. The van der Waals surface area contributed by atoms with Crippen molar-refractivity contribution in [3.05, 3.63) is 97.2 Å². The first-order valence-corrected chi connectivity index (χ1v) is 26.3. The molecule has 0 bridgehead atoms. The van der Waals surface area contributed by atoms with E-state index in [0.717, 1.165) is 77.0 Å². The molecule has 0 spiro atoms. The van der Waals surface area contributed by atoms with E-state index >= 15 is 0 Å². The highest BCUT2D eigenvalue weighted by Gasteiger charge is 2.44. The first-order chi connectivity index (χ1) is 32.4. The Morgan fingerprint density at radius 1 is 0.500 bits per heavy atom. The molecule has 1 aliphatic heterocycles. The summed E-state index contributed by atoms with van der Waals surface area (Å²) >= 11 is 0. The molecular formula is C57H96O9. The lowest BCUT2D eigenvalue weighted by Gasteiger charge is -2.39. The Kier molecular flexibility index (Phi) is 43.7. The lowest BCUT2D eigenvalue weighted by molar-refractivity contribution is -0.305. The third-order valence-corrected chi connectivity index (χ3v) is 11.5. The Balaban J connectivity index is 2.25. The lowest BCUT2D eigenvalue weighted by Crippen LogP contribution is -2.59. The number of ether oxygens (including phenoxy) is 4. The molecule has 1 fully saturated rings. The first kappa shape index (κ1) is 61.1. The normalized spacial score (nSPS) is 20.1. The number of allylic oxidation sites excluding steroid dienone is 16. The topological polar surface area (TPSA) is 135 Å². The zero-order valence-corrected chi connectivity index (χ0v) is 41.7. The molecule has 0 aromatic carbocycles. The molecular weight excluding hydrogens is 829 g/mol. The molecule has 0 radical (unpaired) electrons. The first-order valence-electron chi connectivity index (χ1n) is 26.3. The van der Waals surface area contributed by atoms with Gasteiger partial charge in [-0.2, -0.15) is 0 Å². The summed E-state index contributed by atoms with van der Waals surface area (Å²) in [6.07, 6.45) is 58.7. The van der Waals surface area contributed by atoms with Crippen molar-refractivity contribution in [3.63, 3.8) is 0 Å². The summed E-state index contributed by atoms with van der Waals surface area (Å²) in [7, 11) is 0. The SMILES string of the molecule is CC/C=C\C/C=C\C/C=C\C/C=C\C/C=C\C/C=C\C/C=C\CCCCCC(=O)OC(COCCCCCCCCCC/C=C\CCCCCCCC)COC1OC(CO)C(O)C(O)C1O. The maximum atomic E-state index is 12.8. The molecule has 1 aliphatic rings. The van der Waals surface area contributed by atoms with Gasteiger partial charge >= 0.3 is 5.97 Å². The molecule has 1 saturated heterocycles. The number of unbranched alkanes of at least 4 members (excludes halogenated alkanes) is 17. The van der Waals surface area contributed by atoms with Gasteiger partial charge in [-0.1, -0.05) is 188 Å². The van der Waals surface area contributed by atoms with Crippen LogP contribution in [0.3, 0.4) is 0 Å². The molecule has 0 amide bonds. The van der Waals surface area contributed by atoms with E-state index in [1.54, 1.807) is 0 Å². The van der Waals surface area contributed by atoms with Crippen LogP contribution in [0.15, 0.2) is 97.2 Å².